The zero-order valence-corrected chi connectivity index (χ0v) is 9.48. The fraction of sp³-hybridized carbons (Fsp3) is 0.167. The third-order valence-corrected chi connectivity index (χ3v) is 2.37. The highest BCUT2D eigenvalue weighted by Gasteiger charge is 2.18. The Balaban J connectivity index is 2.44. The summed E-state index contributed by atoms with van der Waals surface area (Å²) in [6.45, 7) is 0. The fourth-order valence-corrected chi connectivity index (χ4v) is 1.51. The Labute approximate surface area is 97.7 Å². The lowest BCUT2D eigenvalue weighted by Crippen LogP contribution is -2.06. The Hall–Kier alpha value is -2.17. The van der Waals surface area contributed by atoms with Crippen LogP contribution in [0.3, 0.4) is 0 Å². The topological polar surface area (TPSA) is 44.1 Å². The quantitative estimate of drug-likeness (QED) is 0.760. The molecule has 0 aliphatic carbocycles. The van der Waals surface area contributed by atoms with Crippen molar-refractivity contribution >= 4 is 5.78 Å². The van der Waals surface area contributed by atoms with Crippen molar-refractivity contribution < 1.29 is 13.9 Å². The molecule has 0 fully saturated rings. The van der Waals surface area contributed by atoms with Crippen molar-refractivity contribution in [3.05, 3.63) is 47.8 Å². The Morgan fingerprint density at radius 3 is 2.82 bits per heavy atom. The summed E-state index contributed by atoms with van der Waals surface area (Å²) in [5.74, 6) is -1.07. The lowest BCUT2D eigenvalue weighted by atomic mass is 10.1. The van der Waals surface area contributed by atoms with E-state index in [0.717, 1.165) is 0 Å². The third kappa shape index (κ3) is 2.04. The first-order valence-electron chi connectivity index (χ1n) is 4.98. The molecule has 0 unspecified atom stereocenters. The van der Waals surface area contributed by atoms with Crippen molar-refractivity contribution in [2.45, 2.75) is 0 Å². The molecule has 0 aliphatic heterocycles. The van der Waals surface area contributed by atoms with Crippen molar-refractivity contribution in [2.75, 3.05) is 7.11 Å². The Kier molecular flexibility index (Phi) is 2.91. The minimum absolute atomic E-state index is 0.0388. The Morgan fingerprint density at radius 1 is 1.47 bits per heavy atom. The summed E-state index contributed by atoms with van der Waals surface area (Å²) in [7, 11) is 3.10. The average molecular weight is 234 g/mol. The van der Waals surface area contributed by atoms with E-state index in [1.54, 1.807) is 23.9 Å². The van der Waals surface area contributed by atoms with Crippen molar-refractivity contribution in [2.24, 2.45) is 7.05 Å². The largest absolute Gasteiger partial charge is 0.494 e. The second-order valence-corrected chi connectivity index (χ2v) is 3.58. The highest BCUT2D eigenvalue weighted by atomic mass is 19.1. The van der Waals surface area contributed by atoms with Gasteiger partial charge in [0.15, 0.2) is 11.6 Å². The van der Waals surface area contributed by atoms with Crippen LogP contribution < -0.4 is 4.74 Å². The van der Waals surface area contributed by atoms with Crippen molar-refractivity contribution in [1.29, 1.82) is 0 Å². The van der Waals surface area contributed by atoms with E-state index in [-0.39, 0.29) is 17.0 Å². The van der Waals surface area contributed by atoms with Crippen LogP contribution in [0.15, 0.2) is 30.7 Å². The van der Waals surface area contributed by atoms with Crippen LogP contribution in [0.5, 0.6) is 5.75 Å². The van der Waals surface area contributed by atoms with Gasteiger partial charge in [-0.25, -0.2) is 9.37 Å². The second-order valence-electron chi connectivity index (χ2n) is 3.58. The molecule has 1 aromatic heterocycles. The Bertz CT molecular complexity index is 563. The normalized spacial score (nSPS) is 10.3. The number of nitrogens with zero attached hydrogens (tertiary/aromatic N) is 2. The highest BCUT2D eigenvalue weighted by Crippen LogP contribution is 2.21. The van der Waals surface area contributed by atoms with Gasteiger partial charge in [-0.2, -0.15) is 0 Å². The predicted octanol–water partition coefficient (Wildman–Crippen LogP) is 1.80. The maximum Gasteiger partial charge on any atom is 0.216 e. The highest BCUT2D eigenvalue weighted by molar-refractivity contribution is 6.08. The molecular weight excluding hydrogens is 223 g/mol. The molecule has 1 aromatic carbocycles. The number of aromatic nitrogens is 2. The number of hydrogen-bond acceptors (Lipinski definition) is 3. The summed E-state index contributed by atoms with van der Waals surface area (Å²) in [6.07, 6.45) is 3.03. The first-order valence-corrected chi connectivity index (χ1v) is 4.98. The summed E-state index contributed by atoms with van der Waals surface area (Å²) in [5.41, 5.74) is 0.169. The summed E-state index contributed by atoms with van der Waals surface area (Å²) in [5, 5.41) is 0. The molecule has 5 heteroatoms. The Morgan fingerprint density at radius 2 is 2.24 bits per heavy atom. The van der Waals surface area contributed by atoms with E-state index < -0.39 is 11.6 Å². The molecule has 0 saturated heterocycles. The lowest BCUT2D eigenvalue weighted by molar-refractivity contribution is 0.103. The van der Waals surface area contributed by atoms with E-state index in [1.165, 1.54) is 25.6 Å². The molecule has 0 aliphatic rings. The summed E-state index contributed by atoms with van der Waals surface area (Å²) < 4.78 is 20.3. The fourth-order valence-electron chi connectivity index (χ4n) is 1.51. The molecule has 0 bridgehead atoms. The van der Waals surface area contributed by atoms with E-state index in [0.29, 0.717) is 0 Å². The second kappa shape index (κ2) is 4.37. The monoisotopic (exact) mass is 234 g/mol. The van der Waals surface area contributed by atoms with Crippen LogP contribution in [-0.4, -0.2) is 22.4 Å². The molecule has 0 amide bonds. The molecule has 0 saturated carbocycles. The summed E-state index contributed by atoms with van der Waals surface area (Å²) >= 11 is 0. The van der Waals surface area contributed by atoms with Gasteiger partial charge in [0.1, 0.15) is 5.69 Å². The first-order chi connectivity index (χ1) is 8.13. The van der Waals surface area contributed by atoms with Gasteiger partial charge in [0, 0.05) is 13.2 Å². The third-order valence-electron chi connectivity index (χ3n) is 2.37. The molecule has 0 radical (unpaired) electrons. The van der Waals surface area contributed by atoms with Gasteiger partial charge in [0.05, 0.1) is 19.0 Å². The maximum atomic E-state index is 13.8. The maximum absolute atomic E-state index is 13.8. The van der Waals surface area contributed by atoms with Crippen LogP contribution >= 0.6 is 0 Å². The summed E-state index contributed by atoms with van der Waals surface area (Å²) in [4.78, 5) is 15.9. The smallest absolute Gasteiger partial charge is 0.216 e. The molecule has 0 spiro atoms. The van der Waals surface area contributed by atoms with Crippen LogP contribution in [0.25, 0.3) is 0 Å². The molecule has 17 heavy (non-hydrogen) atoms. The van der Waals surface area contributed by atoms with Crippen molar-refractivity contribution in [3.8, 4) is 5.75 Å². The number of carbonyl (C=O) groups is 1. The van der Waals surface area contributed by atoms with Crippen LogP contribution in [0.2, 0.25) is 0 Å². The van der Waals surface area contributed by atoms with Crippen LogP contribution in [-0.2, 0) is 7.05 Å². The van der Waals surface area contributed by atoms with E-state index in [9.17, 15) is 9.18 Å². The molecule has 2 rings (SSSR count). The van der Waals surface area contributed by atoms with E-state index in [4.69, 9.17) is 4.74 Å². The van der Waals surface area contributed by atoms with Gasteiger partial charge in [-0.05, 0) is 12.1 Å². The number of ether oxygens (including phenoxy) is 1. The van der Waals surface area contributed by atoms with Gasteiger partial charge in [-0.3, -0.25) is 4.79 Å². The van der Waals surface area contributed by atoms with Gasteiger partial charge in [-0.15, -0.1) is 0 Å². The van der Waals surface area contributed by atoms with E-state index >= 15 is 0 Å². The standard InChI is InChI=1S/C12H11FN2O2/c1-15-6-9(14-7-15)12(16)8-4-3-5-10(17-2)11(8)13/h3-7H,1-2H3. The van der Waals surface area contributed by atoms with E-state index in [2.05, 4.69) is 4.98 Å². The minimum atomic E-state index is -0.661. The summed E-state index contributed by atoms with van der Waals surface area (Å²) in [6, 6.07) is 4.44. The van der Waals surface area contributed by atoms with Crippen LogP contribution in [0, 0.1) is 5.82 Å². The number of halogens is 1. The van der Waals surface area contributed by atoms with Gasteiger partial charge in [0.2, 0.25) is 5.78 Å². The molecule has 1 heterocycles. The number of benzene rings is 1. The average Bonchev–Trinajstić information content (AvgIpc) is 2.75. The number of aryl methyl sites for hydroxylation is 1. The zero-order chi connectivity index (χ0) is 12.4. The molecule has 0 N–H and O–H groups in total. The van der Waals surface area contributed by atoms with Gasteiger partial charge < -0.3 is 9.30 Å². The molecule has 4 nitrogen and oxygen atoms in total. The van der Waals surface area contributed by atoms with Crippen LogP contribution in [0.1, 0.15) is 16.1 Å². The SMILES string of the molecule is COc1cccc(C(=O)c2cn(C)cn2)c1F. The number of rotatable bonds is 3. The minimum Gasteiger partial charge on any atom is -0.494 e. The number of carbonyl (C=O) groups excluding carboxylic acids is 1. The first kappa shape index (κ1) is 11.3. The van der Waals surface area contributed by atoms with Gasteiger partial charge in [0.25, 0.3) is 0 Å². The van der Waals surface area contributed by atoms with Gasteiger partial charge >= 0.3 is 0 Å². The lowest BCUT2D eigenvalue weighted by Gasteiger charge is -2.04. The molecule has 2 aromatic rings. The number of hydrogen-bond donors (Lipinski definition) is 0. The zero-order valence-electron chi connectivity index (χ0n) is 9.48. The molecular formula is C12H11FN2O2. The van der Waals surface area contributed by atoms with Crippen LogP contribution in [0.4, 0.5) is 4.39 Å². The number of ketones is 1. The van der Waals surface area contributed by atoms with E-state index in [1.807, 2.05) is 0 Å². The molecule has 88 valence electrons. The van der Waals surface area contributed by atoms with Crippen molar-refractivity contribution in [3.63, 3.8) is 0 Å². The van der Waals surface area contributed by atoms with Gasteiger partial charge in [-0.1, -0.05) is 6.07 Å². The predicted molar refractivity (Wildman–Crippen MR) is 59.6 cm³/mol. The molecule has 0 atom stereocenters. The van der Waals surface area contributed by atoms with Crippen molar-refractivity contribution in [1.82, 2.24) is 9.55 Å². The number of methoxy groups -OCH3 is 1. The number of imidazole rings is 1.